The molecule has 18 heavy (non-hydrogen) atoms. The Kier molecular flexibility index (Phi) is 5.46. The second-order valence-corrected chi connectivity index (χ2v) is 6.27. The zero-order chi connectivity index (χ0) is 13.0. The molecule has 0 spiro atoms. The fraction of sp³-hybridized carbons (Fsp3) is 1.00. The number of rotatable bonds is 7. The maximum absolute atomic E-state index is 3.78. The maximum Gasteiger partial charge on any atom is 0.0192 e. The summed E-state index contributed by atoms with van der Waals surface area (Å²) in [6.45, 7) is 9.66. The van der Waals surface area contributed by atoms with E-state index in [1.54, 1.807) is 0 Å². The number of hydrogen-bond donors (Lipinski definition) is 1. The third-order valence-electron chi connectivity index (χ3n) is 4.65. The molecule has 1 heterocycles. The van der Waals surface area contributed by atoms with Crippen LogP contribution in [0.2, 0.25) is 0 Å². The van der Waals surface area contributed by atoms with Crippen LogP contribution in [0.25, 0.3) is 0 Å². The van der Waals surface area contributed by atoms with Crippen LogP contribution in [0, 0.1) is 0 Å². The zero-order valence-corrected chi connectivity index (χ0v) is 12.5. The highest BCUT2D eigenvalue weighted by Crippen LogP contribution is 2.26. The van der Waals surface area contributed by atoms with Gasteiger partial charge in [0.15, 0.2) is 0 Å². The molecule has 1 unspecified atom stereocenters. The van der Waals surface area contributed by atoms with E-state index in [2.05, 4.69) is 36.0 Å². The van der Waals surface area contributed by atoms with Crippen LogP contribution in [0.3, 0.4) is 0 Å². The summed E-state index contributed by atoms with van der Waals surface area (Å²) in [5.41, 5.74) is 0. The lowest BCUT2D eigenvalue weighted by atomic mass is 10.0. The Morgan fingerprint density at radius 1 is 1.22 bits per heavy atom. The lowest BCUT2D eigenvalue weighted by molar-refractivity contribution is 0.183. The Hall–Kier alpha value is -0.120. The fourth-order valence-corrected chi connectivity index (χ4v) is 3.00. The van der Waals surface area contributed by atoms with Gasteiger partial charge in [0, 0.05) is 24.7 Å². The third kappa shape index (κ3) is 4.22. The molecule has 1 atom stereocenters. The fourth-order valence-electron chi connectivity index (χ4n) is 3.00. The predicted octanol–water partition coefficient (Wildman–Crippen LogP) is 1.93. The minimum absolute atomic E-state index is 0.686. The van der Waals surface area contributed by atoms with Crippen LogP contribution in [-0.2, 0) is 0 Å². The molecule has 1 saturated heterocycles. The summed E-state index contributed by atoms with van der Waals surface area (Å²) in [6, 6.07) is 2.33. The molecule has 106 valence electrons. The van der Waals surface area contributed by atoms with Gasteiger partial charge in [0.1, 0.15) is 0 Å². The first-order valence-electron chi connectivity index (χ1n) is 7.88. The number of piperidine rings is 1. The summed E-state index contributed by atoms with van der Waals surface area (Å²) in [4.78, 5) is 5.16. The second kappa shape index (κ2) is 6.88. The van der Waals surface area contributed by atoms with Gasteiger partial charge in [0.25, 0.3) is 0 Å². The van der Waals surface area contributed by atoms with Crippen LogP contribution in [0.15, 0.2) is 0 Å². The van der Waals surface area contributed by atoms with E-state index in [4.69, 9.17) is 0 Å². The summed E-state index contributed by atoms with van der Waals surface area (Å²) in [5, 5.41) is 3.78. The van der Waals surface area contributed by atoms with Crippen LogP contribution < -0.4 is 5.32 Å². The highest BCUT2D eigenvalue weighted by Gasteiger charge is 2.29. The summed E-state index contributed by atoms with van der Waals surface area (Å²) in [5.74, 6) is 0. The van der Waals surface area contributed by atoms with Crippen LogP contribution in [0.5, 0.6) is 0 Å². The van der Waals surface area contributed by atoms with Gasteiger partial charge in [-0.1, -0.05) is 6.92 Å². The molecule has 0 amide bonds. The largest absolute Gasteiger partial charge is 0.312 e. The van der Waals surface area contributed by atoms with Crippen LogP contribution in [-0.4, -0.2) is 61.2 Å². The van der Waals surface area contributed by atoms with Crippen molar-refractivity contribution in [2.45, 2.75) is 64.1 Å². The van der Waals surface area contributed by atoms with E-state index in [1.807, 2.05) is 0 Å². The molecule has 0 radical (unpaired) electrons. The lowest BCUT2D eigenvalue weighted by Crippen LogP contribution is -2.47. The molecule has 2 aliphatic rings. The minimum Gasteiger partial charge on any atom is -0.312 e. The van der Waals surface area contributed by atoms with Crippen LogP contribution in [0.4, 0.5) is 0 Å². The van der Waals surface area contributed by atoms with Crippen molar-refractivity contribution in [1.82, 2.24) is 15.1 Å². The van der Waals surface area contributed by atoms with Gasteiger partial charge in [0.05, 0.1) is 0 Å². The van der Waals surface area contributed by atoms with Crippen LogP contribution >= 0.6 is 0 Å². The maximum atomic E-state index is 3.78. The molecule has 1 aliphatic heterocycles. The zero-order valence-electron chi connectivity index (χ0n) is 12.5. The summed E-state index contributed by atoms with van der Waals surface area (Å²) in [7, 11) is 2.29. The Balaban J connectivity index is 1.59. The number of likely N-dealkylation sites (N-methyl/N-ethyl adjacent to an activating group) is 1. The standard InChI is InChI=1S/C15H31N3/c1-4-9-18-10-7-14(8-11-18)16-12-13(2)17(3)15-5-6-15/h13-16H,4-12H2,1-3H3. The first-order chi connectivity index (χ1) is 8.70. The molecule has 1 saturated carbocycles. The molecular formula is C15H31N3. The van der Waals surface area contributed by atoms with Gasteiger partial charge in [-0.05, 0) is 65.7 Å². The lowest BCUT2D eigenvalue weighted by Gasteiger charge is -2.34. The third-order valence-corrected chi connectivity index (χ3v) is 4.65. The van der Waals surface area contributed by atoms with Crippen molar-refractivity contribution in [3.63, 3.8) is 0 Å². The Bertz CT molecular complexity index is 232. The molecule has 3 nitrogen and oxygen atoms in total. The smallest absolute Gasteiger partial charge is 0.0192 e. The van der Waals surface area contributed by atoms with E-state index in [0.29, 0.717) is 6.04 Å². The molecular weight excluding hydrogens is 222 g/mol. The first-order valence-corrected chi connectivity index (χ1v) is 7.88. The van der Waals surface area contributed by atoms with Crippen molar-refractivity contribution in [1.29, 1.82) is 0 Å². The molecule has 0 aromatic rings. The highest BCUT2D eigenvalue weighted by atomic mass is 15.2. The van der Waals surface area contributed by atoms with Crippen molar-refractivity contribution in [3.05, 3.63) is 0 Å². The minimum atomic E-state index is 0.686. The second-order valence-electron chi connectivity index (χ2n) is 6.27. The quantitative estimate of drug-likeness (QED) is 0.748. The molecule has 0 bridgehead atoms. The van der Waals surface area contributed by atoms with Crippen molar-refractivity contribution in [2.75, 3.05) is 33.2 Å². The molecule has 3 heteroatoms. The Labute approximate surface area is 113 Å². The van der Waals surface area contributed by atoms with Gasteiger partial charge >= 0.3 is 0 Å². The summed E-state index contributed by atoms with van der Waals surface area (Å²) in [6.07, 6.45) is 6.79. The number of nitrogens with zero attached hydrogens (tertiary/aromatic N) is 2. The molecule has 2 rings (SSSR count). The normalized spacial score (nSPS) is 24.7. The van der Waals surface area contributed by atoms with E-state index in [9.17, 15) is 0 Å². The summed E-state index contributed by atoms with van der Waals surface area (Å²) >= 11 is 0. The number of nitrogens with one attached hydrogen (secondary N) is 1. The Morgan fingerprint density at radius 2 is 1.89 bits per heavy atom. The van der Waals surface area contributed by atoms with E-state index >= 15 is 0 Å². The van der Waals surface area contributed by atoms with E-state index in [0.717, 1.165) is 18.6 Å². The van der Waals surface area contributed by atoms with E-state index in [-0.39, 0.29) is 0 Å². The van der Waals surface area contributed by atoms with Gasteiger partial charge in [0.2, 0.25) is 0 Å². The molecule has 2 fully saturated rings. The summed E-state index contributed by atoms with van der Waals surface area (Å²) < 4.78 is 0. The average molecular weight is 253 g/mol. The van der Waals surface area contributed by atoms with Gasteiger partial charge in [-0.3, -0.25) is 4.90 Å². The van der Waals surface area contributed by atoms with Crippen molar-refractivity contribution >= 4 is 0 Å². The van der Waals surface area contributed by atoms with E-state index in [1.165, 1.54) is 51.7 Å². The molecule has 0 aromatic heterocycles. The highest BCUT2D eigenvalue weighted by molar-refractivity contribution is 4.86. The SMILES string of the molecule is CCCN1CCC(NCC(C)N(C)C2CC2)CC1. The van der Waals surface area contributed by atoms with E-state index < -0.39 is 0 Å². The predicted molar refractivity (Wildman–Crippen MR) is 78.0 cm³/mol. The van der Waals surface area contributed by atoms with Crippen molar-refractivity contribution < 1.29 is 0 Å². The molecule has 1 aliphatic carbocycles. The Morgan fingerprint density at radius 3 is 2.44 bits per heavy atom. The van der Waals surface area contributed by atoms with Gasteiger partial charge in [-0.25, -0.2) is 0 Å². The average Bonchev–Trinajstić information content (AvgIpc) is 3.21. The molecule has 1 N–H and O–H groups in total. The number of likely N-dealkylation sites (tertiary alicyclic amines) is 1. The van der Waals surface area contributed by atoms with Crippen molar-refractivity contribution in [2.24, 2.45) is 0 Å². The number of hydrogen-bond acceptors (Lipinski definition) is 3. The van der Waals surface area contributed by atoms with Gasteiger partial charge in [-0.15, -0.1) is 0 Å². The topological polar surface area (TPSA) is 18.5 Å². The van der Waals surface area contributed by atoms with Crippen molar-refractivity contribution in [3.8, 4) is 0 Å². The molecule has 0 aromatic carbocycles. The van der Waals surface area contributed by atoms with Crippen LogP contribution in [0.1, 0.15) is 46.0 Å². The van der Waals surface area contributed by atoms with Gasteiger partial charge < -0.3 is 10.2 Å². The first kappa shape index (κ1) is 14.3. The monoisotopic (exact) mass is 253 g/mol. The van der Waals surface area contributed by atoms with Gasteiger partial charge in [-0.2, -0.15) is 0 Å².